The minimum Gasteiger partial charge on any atom is -0.508 e. The Kier molecular flexibility index (Phi) is 11.4. The maximum Gasteiger partial charge on any atom is 0.335 e. The van der Waals surface area contributed by atoms with Crippen molar-refractivity contribution in [1.29, 1.82) is 0 Å². The molecule has 4 rings (SSSR count). The number of aryl methyl sites for hydroxylation is 1. The summed E-state index contributed by atoms with van der Waals surface area (Å²) < 4.78 is 10.8. The number of unbranched alkanes of at least 4 members (excludes halogenated alkanes) is 4. The van der Waals surface area contributed by atoms with Crippen LogP contribution in [-0.2, 0) is 16.0 Å². The van der Waals surface area contributed by atoms with Crippen molar-refractivity contribution in [3.63, 3.8) is 0 Å². The fraction of sp³-hybridized carbons (Fsp3) is 0.270. The average molecular weight is 565 g/mol. The van der Waals surface area contributed by atoms with Gasteiger partial charge in [-0.1, -0.05) is 106 Å². The van der Waals surface area contributed by atoms with Crippen LogP contribution in [0.15, 0.2) is 103 Å². The lowest BCUT2D eigenvalue weighted by molar-refractivity contribution is -0.140. The van der Waals surface area contributed by atoms with Gasteiger partial charge in [0.2, 0.25) is 0 Å². The molecule has 0 fully saturated rings. The number of aliphatic hydroxyl groups is 1. The number of phenols is 1. The number of hydrogen-bond donors (Lipinski definition) is 2. The van der Waals surface area contributed by atoms with Gasteiger partial charge in [0.05, 0.1) is 12.2 Å². The smallest absolute Gasteiger partial charge is 0.335 e. The summed E-state index contributed by atoms with van der Waals surface area (Å²) in [7, 11) is 0. The van der Waals surface area contributed by atoms with Gasteiger partial charge in [0.25, 0.3) is 0 Å². The molecule has 0 spiro atoms. The second kappa shape index (κ2) is 15.6. The standard InChI is InChI=1S/C37H40O5/c1-3-4-5-6-7-9-33-24-32(29-16-19-34(39)20-17-29)18-21-36(33)30-14-12-28(13-15-30)31-10-8-11-35(25-31)41-22-23-42-37(40)27(2)26-38/h8,10-21,24-25,38-39H,2-7,9,22-23,26H2,1H3. The van der Waals surface area contributed by atoms with Crippen molar-refractivity contribution in [2.24, 2.45) is 0 Å². The van der Waals surface area contributed by atoms with Gasteiger partial charge in [0, 0.05) is 0 Å². The van der Waals surface area contributed by atoms with Crippen LogP contribution in [0.5, 0.6) is 11.5 Å². The number of phenolic OH excluding ortho intramolecular Hbond substituents is 1. The van der Waals surface area contributed by atoms with E-state index < -0.39 is 12.6 Å². The van der Waals surface area contributed by atoms with Crippen LogP contribution in [0.1, 0.15) is 44.6 Å². The summed E-state index contributed by atoms with van der Waals surface area (Å²) in [5.41, 5.74) is 8.14. The molecule has 218 valence electrons. The maximum atomic E-state index is 11.6. The zero-order chi connectivity index (χ0) is 29.7. The van der Waals surface area contributed by atoms with Crippen LogP contribution in [-0.4, -0.2) is 36.0 Å². The Hall–Kier alpha value is -4.35. The normalized spacial score (nSPS) is 10.8. The summed E-state index contributed by atoms with van der Waals surface area (Å²) in [6.07, 6.45) is 7.20. The molecule has 0 bridgehead atoms. The third kappa shape index (κ3) is 8.58. The maximum absolute atomic E-state index is 11.6. The van der Waals surface area contributed by atoms with Crippen LogP contribution in [0.3, 0.4) is 0 Å². The van der Waals surface area contributed by atoms with Crippen LogP contribution in [0.2, 0.25) is 0 Å². The van der Waals surface area contributed by atoms with Crippen molar-refractivity contribution >= 4 is 5.97 Å². The van der Waals surface area contributed by atoms with E-state index in [4.69, 9.17) is 14.6 Å². The summed E-state index contributed by atoms with van der Waals surface area (Å²) in [5.74, 6) is 0.337. The molecule has 4 aromatic rings. The van der Waals surface area contributed by atoms with Crippen LogP contribution in [0.4, 0.5) is 0 Å². The lowest BCUT2D eigenvalue weighted by Crippen LogP contribution is -2.14. The van der Waals surface area contributed by atoms with E-state index in [1.807, 2.05) is 36.4 Å². The van der Waals surface area contributed by atoms with Crippen molar-refractivity contribution in [1.82, 2.24) is 0 Å². The molecule has 0 atom stereocenters. The quantitative estimate of drug-likeness (QED) is 0.0862. The number of carbonyl (C=O) groups is 1. The monoisotopic (exact) mass is 564 g/mol. The summed E-state index contributed by atoms with van der Waals surface area (Å²) in [4.78, 5) is 11.6. The molecule has 2 N–H and O–H groups in total. The number of rotatable bonds is 15. The van der Waals surface area contributed by atoms with Crippen LogP contribution in [0.25, 0.3) is 33.4 Å². The van der Waals surface area contributed by atoms with Crippen LogP contribution >= 0.6 is 0 Å². The molecule has 4 aromatic carbocycles. The Balaban J connectivity index is 1.48. The van der Waals surface area contributed by atoms with E-state index in [2.05, 4.69) is 56.0 Å². The van der Waals surface area contributed by atoms with Gasteiger partial charge in [-0.2, -0.15) is 0 Å². The van der Waals surface area contributed by atoms with Gasteiger partial charge < -0.3 is 19.7 Å². The molecule has 0 aliphatic rings. The first-order valence-corrected chi connectivity index (χ1v) is 14.7. The minimum absolute atomic E-state index is 0.0211. The predicted molar refractivity (Wildman–Crippen MR) is 170 cm³/mol. The van der Waals surface area contributed by atoms with Gasteiger partial charge in [-0.3, -0.25) is 0 Å². The lowest BCUT2D eigenvalue weighted by Gasteiger charge is -2.14. The zero-order valence-electron chi connectivity index (χ0n) is 24.4. The summed E-state index contributed by atoms with van der Waals surface area (Å²) >= 11 is 0. The number of esters is 1. The molecule has 0 amide bonds. The van der Waals surface area contributed by atoms with E-state index in [1.165, 1.54) is 42.4 Å². The molecular formula is C37H40O5. The Morgan fingerprint density at radius 3 is 2.10 bits per heavy atom. The topological polar surface area (TPSA) is 76.0 Å². The van der Waals surface area contributed by atoms with Crippen molar-refractivity contribution in [3.8, 4) is 44.9 Å². The van der Waals surface area contributed by atoms with Crippen molar-refractivity contribution < 1.29 is 24.5 Å². The average Bonchev–Trinajstić information content (AvgIpc) is 3.03. The van der Waals surface area contributed by atoms with E-state index in [0.29, 0.717) is 5.75 Å². The Morgan fingerprint density at radius 2 is 1.38 bits per heavy atom. The largest absolute Gasteiger partial charge is 0.508 e. The Morgan fingerprint density at radius 1 is 0.738 bits per heavy atom. The second-order valence-corrected chi connectivity index (χ2v) is 10.4. The number of aromatic hydroxyl groups is 1. The summed E-state index contributed by atoms with van der Waals surface area (Å²) in [6, 6.07) is 30.5. The molecule has 0 heterocycles. The first-order chi connectivity index (χ1) is 20.5. The SMILES string of the molecule is C=C(CO)C(=O)OCCOc1cccc(-c2ccc(-c3ccc(-c4ccc(O)cc4)cc3CCCCCCC)cc2)c1. The second-order valence-electron chi connectivity index (χ2n) is 10.4. The molecular weight excluding hydrogens is 524 g/mol. The van der Waals surface area contributed by atoms with E-state index >= 15 is 0 Å². The van der Waals surface area contributed by atoms with Crippen molar-refractivity contribution in [2.45, 2.75) is 45.4 Å². The molecule has 5 nitrogen and oxygen atoms in total. The van der Waals surface area contributed by atoms with Gasteiger partial charge in [-0.15, -0.1) is 0 Å². The molecule has 42 heavy (non-hydrogen) atoms. The third-order valence-electron chi connectivity index (χ3n) is 7.28. The molecule has 0 aliphatic heterocycles. The van der Waals surface area contributed by atoms with Crippen molar-refractivity contribution in [2.75, 3.05) is 19.8 Å². The van der Waals surface area contributed by atoms with Crippen LogP contribution < -0.4 is 4.74 Å². The van der Waals surface area contributed by atoms with Crippen LogP contribution in [0, 0.1) is 0 Å². The van der Waals surface area contributed by atoms with Gasteiger partial charge in [0.1, 0.15) is 24.7 Å². The molecule has 0 aliphatic carbocycles. The fourth-order valence-electron chi connectivity index (χ4n) is 4.90. The van der Waals surface area contributed by atoms with Gasteiger partial charge >= 0.3 is 5.97 Å². The molecule has 0 unspecified atom stereocenters. The molecule has 5 heteroatoms. The number of benzene rings is 4. The van der Waals surface area contributed by atoms with Gasteiger partial charge in [0.15, 0.2) is 0 Å². The first-order valence-electron chi connectivity index (χ1n) is 14.7. The van der Waals surface area contributed by atoms with E-state index in [-0.39, 0.29) is 24.5 Å². The Labute approximate surface area is 249 Å². The van der Waals surface area contributed by atoms with Gasteiger partial charge in [-0.25, -0.2) is 4.79 Å². The van der Waals surface area contributed by atoms with Gasteiger partial charge in [-0.05, 0) is 76.1 Å². The lowest BCUT2D eigenvalue weighted by atomic mass is 9.91. The number of carbonyl (C=O) groups excluding carboxylic acids is 1. The summed E-state index contributed by atoms with van der Waals surface area (Å²) in [6.45, 7) is 5.55. The highest BCUT2D eigenvalue weighted by molar-refractivity contribution is 5.87. The first kappa shape index (κ1) is 30.6. The molecule has 0 saturated carbocycles. The summed E-state index contributed by atoms with van der Waals surface area (Å²) in [5, 5.41) is 18.7. The molecule has 0 radical (unpaired) electrons. The molecule has 0 saturated heterocycles. The third-order valence-corrected chi connectivity index (χ3v) is 7.28. The highest BCUT2D eigenvalue weighted by Gasteiger charge is 2.10. The van der Waals surface area contributed by atoms with E-state index in [1.54, 1.807) is 12.1 Å². The Bertz CT molecular complexity index is 1450. The highest BCUT2D eigenvalue weighted by Crippen LogP contribution is 2.33. The zero-order valence-corrected chi connectivity index (χ0v) is 24.4. The predicted octanol–water partition coefficient (Wildman–Crippen LogP) is 8.38. The number of ether oxygens (including phenoxy) is 2. The van der Waals surface area contributed by atoms with Crippen molar-refractivity contribution in [3.05, 3.63) is 109 Å². The molecule has 0 aromatic heterocycles. The van der Waals surface area contributed by atoms with E-state index in [0.717, 1.165) is 35.1 Å². The highest BCUT2D eigenvalue weighted by atomic mass is 16.6. The minimum atomic E-state index is -0.621. The number of aliphatic hydroxyl groups excluding tert-OH is 1. The number of hydrogen-bond acceptors (Lipinski definition) is 5. The van der Waals surface area contributed by atoms with E-state index in [9.17, 15) is 9.90 Å². The fourth-order valence-corrected chi connectivity index (χ4v) is 4.90.